The van der Waals surface area contributed by atoms with Gasteiger partial charge in [-0.2, -0.15) is 0 Å². The van der Waals surface area contributed by atoms with Crippen molar-refractivity contribution in [2.75, 3.05) is 0 Å². The molecule has 3 nitrogen and oxygen atoms in total. The first-order valence-electron chi connectivity index (χ1n) is 8.21. The average molecular weight is 278 g/mol. The number of amides is 1. The largest absolute Gasteiger partial charge is 0.367 e. The summed E-state index contributed by atoms with van der Waals surface area (Å²) in [6.07, 6.45) is 16.1. The molecule has 1 heterocycles. The molecule has 2 N–H and O–H groups in total. The average Bonchev–Trinajstić information content (AvgIpc) is 2.96. The highest BCUT2D eigenvalue weighted by Crippen LogP contribution is 2.10. The van der Waals surface area contributed by atoms with Gasteiger partial charge in [0.1, 0.15) is 0 Å². The summed E-state index contributed by atoms with van der Waals surface area (Å²) in [4.78, 5) is 14.6. The zero-order chi connectivity index (χ0) is 14.5. The number of hydrogen-bond acceptors (Lipinski definition) is 1. The van der Waals surface area contributed by atoms with Gasteiger partial charge in [-0.15, -0.1) is 0 Å². The minimum Gasteiger partial charge on any atom is -0.367 e. The Morgan fingerprint density at radius 3 is 2.30 bits per heavy atom. The van der Waals surface area contributed by atoms with Crippen LogP contribution < -0.4 is 5.32 Å². The van der Waals surface area contributed by atoms with Crippen LogP contribution in [0, 0.1) is 0 Å². The predicted molar refractivity (Wildman–Crippen MR) is 84.5 cm³/mol. The molecule has 0 bridgehead atoms. The number of rotatable bonds is 12. The Hall–Kier alpha value is -1.25. The van der Waals surface area contributed by atoms with E-state index in [1.807, 2.05) is 18.5 Å². The van der Waals surface area contributed by atoms with Crippen molar-refractivity contribution < 1.29 is 4.79 Å². The monoisotopic (exact) mass is 278 g/mol. The van der Waals surface area contributed by atoms with Crippen molar-refractivity contribution in [3.8, 4) is 0 Å². The Bertz CT molecular complexity index is 333. The predicted octanol–water partition coefficient (Wildman–Crippen LogP) is 4.55. The summed E-state index contributed by atoms with van der Waals surface area (Å²) in [5.41, 5.74) is 1.13. The molecule has 0 atom stereocenters. The van der Waals surface area contributed by atoms with Crippen molar-refractivity contribution in [3.63, 3.8) is 0 Å². The molecule has 3 heteroatoms. The summed E-state index contributed by atoms with van der Waals surface area (Å²) in [7, 11) is 0. The van der Waals surface area contributed by atoms with Crippen molar-refractivity contribution in [2.45, 2.75) is 77.7 Å². The van der Waals surface area contributed by atoms with Crippen LogP contribution >= 0.6 is 0 Å². The van der Waals surface area contributed by atoms with E-state index in [4.69, 9.17) is 0 Å². The minimum atomic E-state index is 0.175. The lowest BCUT2D eigenvalue weighted by Gasteiger charge is -2.04. The maximum Gasteiger partial charge on any atom is 0.220 e. The number of carbonyl (C=O) groups is 1. The van der Waals surface area contributed by atoms with Crippen molar-refractivity contribution in [3.05, 3.63) is 24.0 Å². The third-order valence-electron chi connectivity index (χ3n) is 3.66. The van der Waals surface area contributed by atoms with Crippen LogP contribution in [0.2, 0.25) is 0 Å². The molecule has 0 radical (unpaired) electrons. The molecule has 0 spiro atoms. The molecule has 0 saturated heterocycles. The summed E-state index contributed by atoms with van der Waals surface area (Å²) in [6, 6.07) is 1.98. The summed E-state index contributed by atoms with van der Waals surface area (Å²) >= 11 is 0. The quantitative estimate of drug-likeness (QED) is 0.541. The summed E-state index contributed by atoms with van der Waals surface area (Å²) in [5.74, 6) is 0.175. The molecule has 0 aliphatic carbocycles. The van der Waals surface area contributed by atoms with Gasteiger partial charge in [0.25, 0.3) is 0 Å². The van der Waals surface area contributed by atoms with Crippen LogP contribution in [0.5, 0.6) is 0 Å². The molecule has 114 valence electrons. The zero-order valence-corrected chi connectivity index (χ0v) is 12.9. The minimum absolute atomic E-state index is 0.175. The van der Waals surface area contributed by atoms with Gasteiger partial charge in [0, 0.05) is 25.4 Å². The van der Waals surface area contributed by atoms with E-state index in [9.17, 15) is 4.79 Å². The van der Waals surface area contributed by atoms with Gasteiger partial charge in [-0.1, -0.05) is 58.3 Å². The maximum atomic E-state index is 11.6. The van der Waals surface area contributed by atoms with Crippen molar-refractivity contribution in [1.82, 2.24) is 10.3 Å². The Labute approximate surface area is 123 Å². The lowest BCUT2D eigenvalue weighted by Crippen LogP contribution is -2.21. The van der Waals surface area contributed by atoms with Gasteiger partial charge >= 0.3 is 0 Å². The van der Waals surface area contributed by atoms with Crippen molar-refractivity contribution >= 4 is 5.91 Å². The first-order valence-corrected chi connectivity index (χ1v) is 8.21. The fourth-order valence-electron chi connectivity index (χ4n) is 2.35. The first-order chi connectivity index (χ1) is 9.83. The van der Waals surface area contributed by atoms with E-state index in [1.165, 1.54) is 51.4 Å². The van der Waals surface area contributed by atoms with E-state index in [-0.39, 0.29) is 5.91 Å². The molecular weight excluding hydrogens is 248 g/mol. The second kappa shape index (κ2) is 11.6. The molecule has 0 saturated carbocycles. The lowest BCUT2D eigenvalue weighted by atomic mass is 10.1. The highest BCUT2D eigenvalue weighted by Gasteiger charge is 2.01. The number of unbranched alkanes of at least 4 members (excludes halogenated alkanes) is 8. The first kappa shape index (κ1) is 16.8. The Balaban J connectivity index is 1.84. The van der Waals surface area contributed by atoms with Crippen molar-refractivity contribution in [1.29, 1.82) is 0 Å². The molecule has 0 aliphatic rings. The molecular formula is C17H30N2O. The van der Waals surface area contributed by atoms with E-state index in [1.54, 1.807) is 0 Å². The SMILES string of the molecule is CCCCCCCCCCCC(=O)NCc1cc[nH]c1. The van der Waals surface area contributed by atoms with Crippen LogP contribution in [0.15, 0.2) is 18.5 Å². The Kier molecular flexibility index (Phi) is 9.72. The van der Waals surface area contributed by atoms with E-state index < -0.39 is 0 Å². The third kappa shape index (κ3) is 8.78. The maximum absolute atomic E-state index is 11.6. The summed E-state index contributed by atoms with van der Waals surface area (Å²) < 4.78 is 0. The standard InChI is InChI=1S/C17H30N2O/c1-2-3-4-5-6-7-8-9-10-11-17(20)19-15-16-12-13-18-14-16/h12-14,18H,2-11,15H2,1H3,(H,19,20). The van der Waals surface area contributed by atoms with Crippen LogP contribution in [0.3, 0.4) is 0 Å². The highest BCUT2D eigenvalue weighted by atomic mass is 16.1. The van der Waals surface area contributed by atoms with Gasteiger partial charge in [0.05, 0.1) is 0 Å². The number of aromatic amines is 1. The van der Waals surface area contributed by atoms with Gasteiger partial charge in [-0.3, -0.25) is 4.79 Å². The molecule has 1 aromatic rings. The molecule has 20 heavy (non-hydrogen) atoms. The van der Waals surface area contributed by atoms with E-state index in [2.05, 4.69) is 17.2 Å². The molecule has 0 unspecified atom stereocenters. The number of nitrogens with one attached hydrogen (secondary N) is 2. The summed E-state index contributed by atoms with van der Waals surface area (Å²) in [5, 5.41) is 2.95. The Morgan fingerprint density at radius 1 is 1.05 bits per heavy atom. The van der Waals surface area contributed by atoms with E-state index >= 15 is 0 Å². The van der Waals surface area contributed by atoms with Crippen molar-refractivity contribution in [2.24, 2.45) is 0 Å². The van der Waals surface area contributed by atoms with Crippen LogP contribution in [0.25, 0.3) is 0 Å². The second-order valence-corrected chi connectivity index (χ2v) is 5.57. The van der Waals surface area contributed by atoms with Crippen LogP contribution in [0.4, 0.5) is 0 Å². The van der Waals surface area contributed by atoms with Gasteiger partial charge in [-0.05, 0) is 18.1 Å². The fraction of sp³-hybridized carbons (Fsp3) is 0.706. The normalized spacial score (nSPS) is 10.7. The van der Waals surface area contributed by atoms with Crippen LogP contribution in [-0.4, -0.2) is 10.9 Å². The highest BCUT2D eigenvalue weighted by molar-refractivity contribution is 5.75. The van der Waals surface area contributed by atoms with E-state index in [0.717, 1.165) is 12.0 Å². The molecule has 0 fully saturated rings. The molecule has 0 aromatic carbocycles. The lowest BCUT2D eigenvalue weighted by molar-refractivity contribution is -0.121. The van der Waals surface area contributed by atoms with Crippen LogP contribution in [0.1, 0.15) is 76.7 Å². The number of aromatic nitrogens is 1. The van der Waals surface area contributed by atoms with Crippen LogP contribution in [-0.2, 0) is 11.3 Å². The molecule has 1 amide bonds. The third-order valence-corrected chi connectivity index (χ3v) is 3.66. The van der Waals surface area contributed by atoms with Gasteiger partial charge < -0.3 is 10.3 Å². The zero-order valence-electron chi connectivity index (χ0n) is 12.9. The smallest absolute Gasteiger partial charge is 0.220 e. The van der Waals surface area contributed by atoms with Gasteiger partial charge in [-0.25, -0.2) is 0 Å². The number of carbonyl (C=O) groups excluding carboxylic acids is 1. The van der Waals surface area contributed by atoms with Gasteiger partial charge in [0.2, 0.25) is 5.91 Å². The Morgan fingerprint density at radius 2 is 1.70 bits per heavy atom. The van der Waals surface area contributed by atoms with Gasteiger partial charge in [0.15, 0.2) is 0 Å². The second-order valence-electron chi connectivity index (χ2n) is 5.57. The topological polar surface area (TPSA) is 44.9 Å². The summed E-state index contributed by atoms with van der Waals surface area (Å²) in [6.45, 7) is 2.89. The number of hydrogen-bond donors (Lipinski definition) is 2. The molecule has 1 rings (SSSR count). The molecule has 1 aromatic heterocycles. The van der Waals surface area contributed by atoms with E-state index in [0.29, 0.717) is 13.0 Å². The molecule has 0 aliphatic heterocycles. The number of H-pyrrole nitrogens is 1. The fourth-order valence-corrected chi connectivity index (χ4v) is 2.35.